The highest BCUT2D eigenvalue weighted by Crippen LogP contribution is 2.27. The van der Waals surface area contributed by atoms with Crippen LogP contribution in [-0.2, 0) is 22.6 Å². The van der Waals surface area contributed by atoms with Crippen LogP contribution in [0.2, 0.25) is 10.0 Å². The summed E-state index contributed by atoms with van der Waals surface area (Å²) in [6.07, 6.45) is 0.338. The van der Waals surface area contributed by atoms with Gasteiger partial charge in [0.2, 0.25) is 5.91 Å². The first-order valence-electron chi connectivity index (χ1n) is 12.5. The Balaban J connectivity index is 1.67. The van der Waals surface area contributed by atoms with E-state index in [4.69, 9.17) is 27.9 Å². The Morgan fingerprint density at radius 2 is 1.61 bits per heavy atom. The molecule has 4 aromatic carbocycles. The number of carbonyl (C=O) groups excluding carboxylic acids is 2. The van der Waals surface area contributed by atoms with Crippen molar-refractivity contribution in [2.45, 2.75) is 38.9 Å². The van der Waals surface area contributed by atoms with Gasteiger partial charge >= 0.3 is 0 Å². The summed E-state index contributed by atoms with van der Waals surface area (Å²) in [6.45, 7) is 3.67. The summed E-state index contributed by atoms with van der Waals surface area (Å²) in [5.41, 5.74) is 1.62. The summed E-state index contributed by atoms with van der Waals surface area (Å²) in [5.74, 6) is 0.0309. The predicted octanol–water partition coefficient (Wildman–Crippen LogP) is 6.69. The summed E-state index contributed by atoms with van der Waals surface area (Å²) in [5, 5.41) is 5.82. The minimum Gasteiger partial charge on any atom is -0.483 e. The standard InChI is InChI=1S/C31H30Cl2N2O3/c1-21(2)34-31(37)28(17-22-9-4-3-5-10-22)35(19-24-15-16-25(32)18-27(24)33)30(36)20-38-29-14-8-12-23-11-6-7-13-26(23)29/h3-16,18,21,28H,17,19-20H2,1-2H3,(H,34,37)/t28-/m0/s1. The van der Waals surface area contributed by atoms with Gasteiger partial charge in [-0.25, -0.2) is 0 Å². The van der Waals surface area contributed by atoms with Crippen LogP contribution < -0.4 is 10.1 Å². The molecule has 7 heteroatoms. The second-order valence-corrected chi connectivity index (χ2v) is 10.2. The highest BCUT2D eigenvalue weighted by molar-refractivity contribution is 6.35. The fourth-order valence-corrected chi connectivity index (χ4v) is 4.78. The Morgan fingerprint density at radius 3 is 2.34 bits per heavy atom. The van der Waals surface area contributed by atoms with Crippen LogP contribution in [0.4, 0.5) is 0 Å². The van der Waals surface area contributed by atoms with Crippen molar-refractivity contribution in [1.82, 2.24) is 10.2 Å². The number of fused-ring (bicyclic) bond motifs is 1. The zero-order valence-corrected chi connectivity index (χ0v) is 22.9. The zero-order valence-electron chi connectivity index (χ0n) is 21.4. The number of rotatable bonds is 10. The molecule has 1 N–H and O–H groups in total. The number of nitrogens with one attached hydrogen (secondary N) is 1. The molecule has 196 valence electrons. The second kappa shape index (κ2) is 12.8. The van der Waals surface area contributed by atoms with Gasteiger partial charge in [0.1, 0.15) is 11.8 Å². The van der Waals surface area contributed by atoms with Gasteiger partial charge in [-0.2, -0.15) is 0 Å². The molecular formula is C31H30Cl2N2O3. The number of halogens is 2. The van der Waals surface area contributed by atoms with Crippen molar-refractivity contribution in [3.63, 3.8) is 0 Å². The molecule has 0 saturated heterocycles. The van der Waals surface area contributed by atoms with Gasteiger partial charge in [0, 0.05) is 34.4 Å². The molecule has 0 aliphatic carbocycles. The van der Waals surface area contributed by atoms with Gasteiger partial charge in [-0.05, 0) is 48.6 Å². The van der Waals surface area contributed by atoms with Crippen LogP contribution >= 0.6 is 23.2 Å². The van der Waals surface area contributed by atoms with Crippen molar-refractivity contribution in [3.05, 3.63) is 112 Å². The highest BCUT2D eigenvalue weighted by Gasteiger charge is 2.31. The third-order valence-electron chi connectivity index (χ3n) is 6.16. The number of carbonyl (C=O) groups is 2. The summed E-state index contributed by atoms with van der Waals surface area (Å²) < 4.78 is 6.03. The first-order valence-corrected chi connectivity index (χ1v) is 13.3. The fraction of sp³-hybridized carbons (Fsp3) is 0.226. The van der Waals surface area contributed by atoms with Gasteiger partial charge in [-0.1, -0.05) is 96.0 Å². The number of ether oxygens (including phenoxy) is 1. The molecule has 1 atom stereocenters. The average Bonchev–Trinajstić information content (AvgIpc) is 2.90. The van der Waals surface area contributed by atoms with Crippen LogP contribution in [0, 0.1) is 0 Å². The van der Waals surface area contributed by atoms with Crippen molar-refractivity contribution in [1.29, 1.82) is 0 Å². The van der Waals surface area contributed by atoms with E-state index in [-0.39, 0.29) is 31.0 Å². The first-order chi connectivity index (χ1) is 18.3. The van der Waals surface area contributed by atoms with E-state index < -0.39 is 6.04 Å². The second-order valence-electron chi connectivity index (χ2n) is 9.39. The van der Waals surface area contributed by atoms with E-state index in [1.807, 2.05) is 86.6 Å². The van der Waals surface area contributed by atoms with E-state index in [1.165, 1.54) is 0 Å². The largest absolute Gasteiger partial charge is 0.483 e. The molecule has 4 rings (SSSR count). The Bertz CT molecular complexity index is 1400. The van der Waals surface area contributed by atoms with Crippen molar-refractivity contribution in [3.8, 4) is 5.75 Å². The van der Waals surface area contributed by atoms with Crippen molar-refractivity contribution >= 4 is 45.8 Å². The van der Waals surface area contributed by atoms with Crippen molar-refractivity contribution < 1.29 is 14.3 Å². The molecule has 2 amide bonds. The molecule has 0 fully saturated rings. The van der Waals surface area contributed by atoms with Crippen LogP contribution in [-0.4, -0.2) is 35.4 Å². The van der Waals surface area contributed by atoms with Crippen LogP contribution in [0.15, 0.2) is 91.0 Å². The van der Waals surface area contributed by atoms with Gasteiger partial charge in [0.25, 0.3) is 5.91 Å². The summed E-state index contributed by atoms with van der Waals surface area (Å²) in [4.78, 5) is 28.8. The maximum absolute atomic E-state index is 13.8. The number of hydrogen-bond donors (Lipinski definition) is 1. The molecule has 0 saturated carbocycles. The Kier molecular flexibility index (Phi) is 9.27. The van der Waals surface area contributed by atoms with Gasteiger partial charge in [-0.15, -0.1) is 0 Å². The van der Waals surface area contributed by atoms with E-state index in [2.05, 4.69) is 5.32 Å². The molecule has 4 aromatic rings. The molecule has 0 radical (unpaired) electrons. The molecule has 38 heavy (non-hydrogen) atoms. The third-order valence-corrected chi connectivity index (χ3v) is 6.75. The molecule has 0 aromatic heterocycles. The van der Waals surface area contributed by atoms with E-state index in [0.29, 0.717) is 27.8 Å². The minimum absolute atomic E-state index is 0.0937. The normalized spacial score (nSPS) is 11.8. The Morgan fingerprint density at radius 1 is 0.895 bits per heavy atom. The van der Waals surface area contributed by atoms with E-state index in [1.54, 1.807) is 23.1 Å². The van der Waals surface area contributed by atoms with E-state index >= 15 is 0 Å². The Labute approximate surface area is 233 Å². The lowest BCUT2D eigenvalue weighted by Crippen LogP contribution is -2.52. The van der Waals surface area contributed by atoms with E-state index in [9.17, 15) is 9.59 Å². The maximum Gasteiger partial charge on any atom is 0.261 e. The fourth-order valence-electron chi connectivity index (χ4n) is 4.31. The van der Waals surface area contributed by atoms with Crippen LogP contribution in [0.25, 0.3) is 10.8 Å². The smallest absolute Gasteiger partial charge is 0.261 e. The van der Waals surface area contributed by atoms with Gasteiger partial charge in [-0.3, -0.25) is 9.59 Å². The molecule has 0 heterocycles. The number of nitrogens with zero attached hydrogens (tertiary/aromatic N) is 1. The molecule has 0 spiro atoms. The zero-order chi connectivity index (χ0) is 27.1. The number of hydrogen-bond acceptors (Lipinski definition) is 3. The van der Waals surface area contributed by atoms with Crippen LogP contribution in [0.3, 0.4) is 0 Å². The van der Waals surface area contributed by atoms with Gasteiger partial charge in [0.15, 0.2) is 6.61 Å². The summed E-state index contributed by atoms with van der Waals surface area (Å²) >= 11 is 12.6. The van der Waals surface area contributed by atoms with Gasteiger partial charge in [0.05, 0.1) is 0 Å². The number of benzene rings is 4. The lowest BCUT2D eigenvalue weighted by molar-refractivity contribution is -0.143. The molecular weight excluding hydrogens is 519 g/mol. The summed E-state index contributed by atoms with van der Waals surface area (Å²) in [7, 11) is 0. The quantitative estimate of drug-likeness (QED) is 0.240. The topological polar surface area (TPSA) is 58.6 Å². The number of amides is 2. The van der Waals surface area contributed by atoms with Crippen molar-refractivity contribution in [2.24, 2.45) is 0 Å². The third kappa shape index (κ3) is 7.06. The van der Waals surface area contributed by atoms with Gasteiger partial charge < -0.3 is 15.0 Å². The molecule has 0 aliphatic rings. The minimum atomic E-state index is -0.782. The highest BCUT2D eigenvalue weighted by atomic mass is 35.5. The molecule has 0 bridgehead atoms. The SMILES string of the molecule is CC(C)NC(=O)[C@H](Cc1ccccc1)N(Cc1ccc(Cl)cc1Cl)C(=O)COc1cccc2ccccc12. The molecule has 0 unspecified atom stereocenters. The van der Waals surface area contributed by atoms with Crippen LogP contribution in [0.5, 0.6) is 5.75 Å². The average molecular weight is 549 g/mol. The Hall–Kier alpha value is -3.54. The predicted molar refractivity (Wildman–Crippen MR) is 154 cm³/mol. The molecule has 0 aliphatic heterocycles. The lowest BCUT2D eigenvalue weighted by atomic mass is 10.0. The van der Waals surface area contributed by atoms with Crippen LogP contribution in [0.1, 0.15) is 25.0 Å². The summed E-state index contributed by atoms with van der Waals surface area (Å²) in [6, 6.07) is 27.4. The molecule has 5 nitrogen and oxygen atoms in total. The van der Waals surface area contributed by atoms with E-state index in [0.717, 1.165) is 16.3 Å². The lowest BCUT2D eigenvalue weighted by Gasteiger charge is -2.32. The monoisotopic (exact) mass is 548 g/mol. The van der Waals surface area contributed by atoms with Crippen molar-refractivity contribution in [2.75, 3.05) is 6.61 Å². The first kappa shape index (κ1) is 27.5. The maximum atomic E-state index is 13.8.